The van der Waals surface area contributed by atoms with Gasteiger partial charge in [0.05, 0.1) is 5.71 Å². The molecule has 0 radical (unpaired) electrons. The third-order valence-corrected chi connectivity index (χ3v) is 6.12. The Hall–Kier alpha value is -1.53. The molecule has 1 fully saturated rings. The quantitative estimate of drug-likeness (QED) is 0.509. The standard InChI is InChI=1S/C22H23BrClNO3/c1-14(25-3)21(27)20(26)13-19(16-7-5-4-6-8-16)22(21,28-15(2)24)17-9-11-18(23)12-10-17/h4-12,15,19,27H,13H2,1-3H3/t15?,19-,21-,22-/m0/s1. The van der Waals surface area contributed by atoms with Gasteiger partial charge in [0.1, 0.15) is 11.2 Å². The molecule has 148 valence electrons. The molecular weight excluding hydrogens is 442 g/mol. The van der Waals surface area contributed by atoms with E-state index in [-0.39, 0.29) is 12.2 Å². The lowest BCUT2D eigenvalue weighted by atomic mass is 9.70. The van der Waals surface area contributed by atoms with Crippen molar-refractivity contribution in [3.8, 4) is 0 Å². The van der Waals surface area contributed by atoms with Crippen molar-refractivity contribution in [3.63, 3.8) is 0 Å². The first-order valence-electron chi connectivity index (χ1n) is 9.09. The Bertz CT molecular complexity index is 884. The van der Waals surface area contributed by atoms with Crippen LogP contribution in [0.1, 0.15) is 37.3 Å². The first-order chi connectivity index (χ1) is 13.3. The summed E-state index contributed by atoms with van der Waals surface area (Å²) in [6.07, 6.45) is 0.118. The van der Waals surface area contributed by atoms with E-state index in [1.165, 1.54) is 0 Å². The normalized spacial score (nSPS) is 29.1. The number of carbonyl (C=O) groups excluding carboxylic acids is 1. The Labute approximate surface area is 178 Å². The fourth-order valence-electron chi connectivity index (χ4n) is 4.21. The van der Waals surface area contributed by atoms with Gasteiger partial charge in [-0.1, -0.05) is 70.0 Å². The number of Topliss-reactive ketones (excluding diaryl/α,β-unsaturated/α-hetero) is 1. The van der Waals surface area contributed by atoms with Crippen molar-refractivity contribution in [1.82, 2.24) is 0 Å². The number of ketones is 1. The summed E-state index contributed by atoms with van der Waals surface area (Å²) in [6, 6.07) is 17.1. The zero-order valence-corrected chi connectivity index (χ0v) is 18.4. The minimum absolute atomic E-state index is 0.118. The molecule has 3 rings (SSSR count). The molecule has 0 spiro atoms. The van der Waals surface area contributed by atoms with E-state index in [0.29, 0.717) is 11.3 Å². The molecule has 0 saturated heterocycles. The maximum Gasteiger partial charge on any atom is 0.194 e. The Morgan fingerprint density at radius 3 is 2.39 bits per heavy atom. The summed E-state index contributed by atoms with van der Waals surface area (Å²) in [6.45, 7) is 3.34. The number of nitrogens with zero attached hydrogens (tertiary/aromatic N) is 1. The van der Waals surface area contributed by atoms with Crippen molar-refractivity contribution in [3.05, 3.63) is 70.2 Å². The van der Waals surface area contributed by atoms with Gasteiger partial charge < -0.3 is 9.84 Å². The average Bonchev–Trinajstić information content (AvgIpc) is 2.91. The number of rotatable bonds is 5. The van der Waals surface area contributed by atoms with Gasteiger partial charge in [0, 0.05) is 23.9 Å². The summed E-state index contributed by atoms with van der Waals surface area (Å²) in [5.74, 6) is -0.755. The molecule has 1 aliphatic rings. The minimum atomic E-state index is -1.93. The van der Waals surface area contributed by atoms with Gasteiger partial charge in [0.2, 0.25) is 0 Å². The number of carbonyl (C=O) groups is 1. The van der Waals surface area contributed by atoms with Crippen LogP contribution in [-0.4, -0.2) is 34.8 Å². The van der Waals surface area contributed by atoms with E-state index in [4.69, 9.17) is 16.3 Å². The maximum absolute atomic E-state index is 13.3. The number of aliphatic imine (C=N–C) groups is 1. The molecule has 6 heteroatoms. The molecule has 1 N–H and O–H groups in total. The second-order valence-electron chi connectivity index (χ2n) is 7.01. The highest BCUT2D eigenvalue weighted by Crippen LogP contribution is 2.57. The average molecular weight is 465 g/mol. The highest BCUT2D eigenvalue weighted by atomic mass is 79.9. The van der Waals surface area contributed by atoms with Crippen molar-refractivity contribution >= 4 is 39.0 Å². The van der Waals surface area contributed by atoms with Crippen LogP contribution in [0.5, 0.6) is 0 Å². The number of ether oxygens (including phenoxy) is 1. The lowest BCUT2D eigenvalue weighted by molar-refractivity contribution is -0.167. The van der Waals surface area contributed by atoms with Crippen molar-refractivity contribution in [2.75, 3.05) is 7.05 Å². The summed E-state index contributed by atoms with van der Waals surface area (Å²) in [5.41, 5.74) is -2.20. The van der Waals surface area contributed by atoms with Crippen molar-refractivity contribution in [2.45, 2.75) is 43.0 Å². The molecule has 4 atom stereocenters. The fraction of sp³-hybridized carbons (Fsp3) is 0.364. The molecule has 28 heavy (non-hydrogen) atoms. The first-order valence-corrected chi connectivity index (χ1v) is 10.3. The summed E-state index contributed by atoms with van der Waals surface area (Å²) >= 11 is 9.76. The molecule has 0 amide bonds. The molecule has 1 unspecified atom stereocenters. The van der Waals surface area contributed by atoms with Crippen molar-refractivity contribution in [2.24, 2.45) is 4.99 Å². The lowest BCUT2D eigenvalue weighted by Crippen LogP contribution is -2.60. The number of halogens is 2. The summed E-state index contributed by atoms with van der Waals surface area (Å²) < 4.78 is 7.18. The summed E-state index contributed by atoms with van der Waals surface area (Å²) in [7, 11) is 1.56. The zero-order chi connectivity index (χ0) is 20.5. The molecule has 1 aliphatic carbocycles. The molecule has 0 bridgehead atoms. The lowest BCUT2D eigenvalue weighted by Gasteiger charge is -2.45. The Kier molecular flexibility index (Phi) is 6.11. The largest absolute Gasteiger partial charge is 0.373 e. The van der Waals surface area contributed by atoms with E-state index in [1.54, 1.807) is 20.9 Å². The van der Waals surface area contributed by atoms with E-state index in [1.807, 2.05) is 54.6 Å². The molecule has 4 nitrogen and oxygen atoms in total. The topological polar surface area (TPSA) is 58.9 Å². The predicted octanol–water partition coefficient (Wildman–Crippen LogP) is 4.82. The number of benzene rings is 2. The first kappa shape index (κ1) is 21.2. The van der Waals surface area contributed by atoms with Crippen LogP contribution in [0.15, 0.2) is 64.1 Å². The molecule has 2 aromatic rings. The monoisotopic (exact) mass is 463 g/mol. The van der Waals surface area contributed by atoms with Gasteiger partial charge in [-0.2, -0.15) is 0 Å². The summed E-state index contributed by atoms with van der Waals surface area (Å²) in [4.78, 5) is 17.4. The van der Waals surface area contributed by atoms with Gasteiger partial charge >= 0.3 is 0 Å². The Morgan fingerprint density at radius 2 is 1.86 bits per heavy atom. The minimum Gasteiger partial charge on any atom is -0.373 e. The number of aliphatic hydroxyl groups is 1. The van der Waals surface area contributed by atoms with Gasteiger partial charge in [-0.05, 0) is 37.1 Å². The molecule has 0 aliphatic heterocycles. The van der Waals surface area contributed by atoms with Gasteiger partial charge in [-0.25, -0.2) is 0 Å². The zero-order valence-electron chi connectivity index (χ0n) is 16.0. The molecule has 1 saturated carbocycles. The van der Waals surface area contributed by atoms with Crippen LogP contribution in [-0.2, 0) is 15.1 Å². The van der Waals surface area contributed by atoms with Crippen LogP contribution in [0.3, 0.4) is 0 Å². The van der Waals surface area contributed by atoms with Crippen LogP contribution in [0.4, 0.5) is 0 Å². The van der Waals surface area contributed by atoms with Crippen LogP contribution in [0.2, 0.25) is 0 Å². The van der Waals surface area contributed by atoms with Crippen LogP contribution < -0.4 is 0 Å². The van der Waals surface area contributed by atoms with Crippen molar-refractivity contribution < 1.29 is 14.6 Å². The maximum atomic E-state index is 13.3. The van der Waals surface area contributed by atoms with E-state index >= 15 is 0 Å². The summed E-state index contributed by atoms with van der Waals surface area (Å²) in [5, 5.41) is 11.9. The highest BCUT2D eigenvalue weighted by Gasteiger charge is 2.69. The number of hydrogen-bond acceptors (Lipinski definition) is 4. The van der Waals surface area contributed by atoms with Crippen LogP contribution >= 0.6 is 27.5 Å². The van der Waals surface area contributed by atoms with E-state index < -0.39 is 22.7 Å². The fourth-order valence-corrected chi connectivity index (χ4v) is 4.61. The smallest absolute Gasteiger partial charge is 0.194 e. The van der Waals surface area contributed by atoms with Gasteiger partial charge in [0.25, 0.3) is 0 Å². The number of alkyl halides is 1. The molecule has 0 aromatic heterocycles. The molecular formula is C22H23BrClNO3. The molecule has 2 aromatic carbocycles. The third-order valence-electron chi connectivity index (χ3n) is 5.50. The van der Waals surface area contributed by atoms with Gasteiger partial charge in [-0.15, -0.1) is 0 Å². The van der Waals surface area contributed by atoms with Crippen LogP contribution in [0, 0.1) is 0 Å². The van der Waals surface area contributed by atoms with E-state index in [0.717, 1.165) is 10.0 Å². The number of hydrogen-bond donors (Lipinski definition) is 1. The van der Waals surface area contributed by atoms with E-state index in [9.17, 15) is 9.90 Å². The Morgan fingerprint density at radius 1 is 1.25 bits per heavy atom. The van der Waals surface area contributed by atoms with Crippen LogP contribution in [0.25, 0.3) is 0 Å². The SMILES string of the molecule is CN=C(C)[C@]1(O)C(=O)C[C@@H](c2ccccc2)[C@@]1(OC(C)Cl)c1ccc(Br)cc1. The van der Waals surface area contributed by atoms with Gasteiger partial charge in [-0.3, -0.25) is 9.79 Å². The predicted molar refractivity (Wildman–Crippen MR) is 115 cm³/mol. The third kappa shape index (κ3) is 3.24. The highest BCUT2D eigenvalue weighted by molar-refractivity contribution is 9.10. The van der Waals surface area contributed by atoms with Gasteiger partial charge in [0.15, 0.2) is 11.4 Å². The van der Waals surface area contributed by atoms with E-state index in [2.05, 4.69) is 20.9 Å². The second-order valence-corrected chi connectivity index (χ2v) is 8.54. The van der Waals surface area contributed by atoms with Crippen molar-refractivity contribution in [1.29, 1.82) is 0 Å². The molecule has 0 heterocycles. The Balaban J connectivity index is 2.37. The second kappa shape index (κ2) is 8.07.